The first-order chi connectivity index (χ1) is 13.0. The van der Waals surface area contributed by atoms with Gasteiger partial charge in [-0.25, -0.2) is 4.79 Å². The van der Waals surface area contributed by atoms with Gasteiger partial charge in [-0.3, -0.25) is 4.90 Å². The van der Waals surface area contributed by atoms with Crippen molar-refractivity contribution in [3.05, 3.63) is 69.5 Å². The molecule has 5 nitrogen and oxygen atoms in total. The summed E-state index contributed by atoms with van der Waals surface area (Å²) in [6, 6.07) is 11.6. The minimum Gasteiger partial charge on any atom is -0.468 e. The largest absolute Gasteiger partial charge is 0.468 e. The highest BCUT2D eigenvalue weighted by Gasteiger charge is 2.15. The highest BCUT2D eigenvalue weighted by Crippen LogP contribution is 2.27. The Morgan fingerprint density at radius 2 is 2.04 bits per heavy atom. The molecule has 0 saturated carbocycles. The van der Waals surface area contributed by atoms with Gasteiger partial charge < -0.3 is 8.83 Å². The number of aryl methyl sites for hydroxylation is 1. The van der Waals surface area contributed by atoms with Crippen molar-refractivity contribution in [2.24, 2.45) is 0 Å². The fourth-order valence-corrected chi connectivity index (χ4v) is 3.43. The van der Waals surface area contributed by atoms with Crippen LogP contribution in [0.5, 0.6) is 0 Å². The van der Waals surface area contributed by atoms with Gasteiger partial charge in [0.2, 0.25) is 0 Å². The first kappa shape index (κ1) is 18.9. The second-order valence-electron chi connectivity index (χ2n) is 7.15. The van der Waals surface area contributed by atoms with E-state index in [-0.39, 0.29) is 5.63 Å². The predicted molar refractivity (Wildman–Crippen MR) is 104 cm³/mol. The lowest BCUT2D eigenvalue weighted by molar-refractivity contribution is 0.241. The van der Waals surface area contributed by atoms with Crippen LogP contribution in [-0.4, -0.2) is 11.4 Å². The van der Waals surface area contributed by atoms with Crippen LogP contribution >= 0.6 is 0 Å². The van der Waals surface area contributed by atoms with E-state index < -0.39 is 0 Å². The van der Waals surface area contributed by atoms with Crippen molar-refractivity contribution in [1.29, 1.82) is 5.26 Å². The van der Waals surface area contributed by atoms with E-state index in [2.05, 4.69) is 30.9 Å². The van der Waals surface area contributed by atoms with Crippen LogP contribution in [0.2, 0.25) is 0 Å². The molecular weight excluding hydrogens is 340 g/mol. The van der Waals surface area contributed by atoms with Crippen LogP contribution in [0.1, 0.15) is 48.6 Å². The Kier molecular flexibility index (Phi) is 5.78. The van der Waals surface area contributed by atoms with Crippen LogP contribution in [0, 0.1) is 18.3 Å². The number of nitrogens with zero attached hydrogens (tertiary/aromatic N) is 2. The van der Waals surface area contributed by atoms with E-state index in [9.17, 15) is 4.79 Å². The third kappa shape index (κ3) is 4.47. The zero-order valence-electron chi connectivity index (χ0n) is 16.0. The van der Waals surface area contributed by atoms with E-state index in [4.69, 9.17) is 14.1 Å². The predicted octanol–water partition coefficient (Wildman–Crippen LogP) is 4.73. The second-order valence-corrected chi connectivity index (χ2v) is 7.15. The van der Waals surface area contributed by atoms with Crippen LogP contribution in [0.15, 0.2) is 50.2 Å². The molecule has 0 saturated heterocycles. The molecule has 0 N–H and O–H groups in total. The second kappa shape index (κ2) is 8.24. The third-order valence-electron chi connectivity index (χ3n) is 4.73. The fraction of sp³-hybridized carbons (Fsp3) is 0.364. The smallest absolute Gasteiger partial charge is 0.336 e. The molecule has 3 rings (SSSR count). The summed E-state index contributed by atoms with van der Waals surface area (Å²) >= 11 is 0. The summed E-state index contributed by atoms with van der Waals surface area (Å²) in [6.45, 7) is 8.08. The van der Waals surface area contributed by atoms with Gasteiger partial charge in [0.1, 0.15) is 11.3 Å². The number of fused-ring (bicyclic) bond motifs is 1. The van der Waals surface area contributed by atoms with E-state index in [1.165, 1.54) is 5.56 Å². The summed E-state index contributed by atoms with van der Waals surface area (Å²) in [6.07, 6.45) is 2.05. The van der Waals surface area contributed by atoms with Gasteiger partial charge in [0, 0.05) is 31.0 Å². The number of hydrogen-bond acceptors (Lipinski definition) is 5. The molecule has 0 bridgehead atoms. The van der Waals surface area contributed by atoms with Crippen molar-refractivity contribution >= 4 is 11.0 Å². The Labute approximate surface area is 158 Å². The maximum Gasteiger partial charge on any atom is 0.336 e. The Balaban J connectivity index is 2.01. The molecule has 3 aromatic rings. The zero-order chi connectivity index (χ0) is 19.4. The summed E-state index contributed by atoms with van der Waals surface area (Å²) in [5, 5.41) is 9.94. The van der Waals surface area contributed by atoms with Crippen LogP contribution in [0.3, 0.4) is 0 Å². The third-order valence-corrected chi connectivity index (χ3v) is 4.73. The highest BCUT2D eigenvalue weighted by atomic mass is 16.4. The molecule has 27 heavy (non-hydrogen) atoms. The van der Waals surface area contributed by atoms with Gasteiger partial charge in [0.15, 0.2) is 0 Å². The fourth-order valence-electron chi connectivity index (χ4n) is 3.43. The van der Waals surface area contributed by atoms with Crippen molar-refractivity contribution in [2.45, 2.75) is 46.2 Å². The van der Waals surface area contributed by atoms with E-state index in [1.807, 2.05) is 25.1 Å². The average molecular weight is 364 g/mol. The average Bonchev–Trinajstić information content (AvgIpc) is 3.11. The highest BCUT2D eigenvalue weighted by molar-refractivity contribution is 5.82. The van der Waals surface area contributed by atoms with Crippen molar-refractivity contribution in [1.82, 2.24) is 4.90 Å². The lowest BCUT2D eigenvalue weighted by Crippen LogP contribution is -2.24. The maximum absolute atomic E-state index is 12.1. The first-order valence-electron chi connectivity index (χ1n) is 9.17. The Morgan fingerprint density at radius 3 is 2.70 bits per heavy atom. The molecule has 0 fully saturated rings. The molecule has 0 atom stereocenters. The first-order valence-corrected chi connectivity index (χ1v) is 9.17. The molecular formula is C22H24N2O3. The maximum atomic E-state index is 12.1. The normalized spacial score (nSPS) is 11.4. The Bertz CT molecular complexity index is 1010. The van der Waals surface area contributed by atoms with Gasteiger partial charge >= 0.3 is 5.63 Å². The van der Waals surface area contributed by atoms with Crippen molar-refractivity contribution < 1.29 is 8.83 Å². The lowest BCUT2D eigenvalue weighted by Gasteiger charge is -2.21. The zero-order valence-corrected chi connectivity index (χ0v) is 16.0. The molecule has 140 valence electrons. The van der Waals surface area contributed by atoms with Crippen molar-refractivity contribution in [3.8, 4) is 6.07 Å². The van der Waals surface area contributed by atoms with Gasteiger partial charge in [0.25, 0.3) is 0 Å². The topological polar surface area (TPSA) is 70.4 Å². The number of benzene rings is 1. The minimum absolute atomic E-state index is 0.354. The molecule has 0 aliphatic rings. The minimum atomic E-state index is -0.354. The number of hydrogen-bond donors (Lipinski definition) is 0. The molecule has 0 unspecified atom stereocenters. The van der Waals surface area contributed by atoms with Gasteiger partial charge in [0.05, 0.1) is 18.9 Å². The molecule has 2 heterocycles. The van der Waals surface area contributed by atoms with Crippen molar-refractivity contribution in [3.63, 3.8) is 0 Å². The quantitative estimate of drug-likeness (QED) is 0.567. The summed E-state index contributed by atoms with van der Waals surface area (Å²) in [5.74, 6) is 1.21. The summed E-state index contributed by atoms with van der Waals surface area (Å²) < 4.78 is 10.9. The van der Waals surface area contributed by atoms with Crippen LogP contribution in [0.4, 0.5) is 0 Å². The number of rotatable bonds is 7. The lowest BCUT2D eigenvalue weighted by atomic mass is 9.95. The SMILES string of the molecule is Cc1cc2oc(=O)cc(CN(CCC#N)Cc3ccco3)c2cc1C(C)C. The van der Waals surface area contributed by atoms with Gasteiger partial charge in [-0.1, -0.05) is 13.8 Å². The van der Waals surface area contributed by atoms with E-state index in [1.54, 1.807) is 12.3 Å². The van der Waals surface area contributed by atoms with Gasteiger partial charge in [-0.05, 0) is 53.8 Å². The summed E-state index contributed by atoms with van der Waals surface area (Å²) in [5.41, 5.74) is 3.53. The van der Waals surface area contributed by atoms with Crippen LogP contribution in [-0.2, 0) is 13.1 Å². The molecule has 0 aliphatic carbocycles. The Hall–Kier alpha value is -2.84. The monoisotopic (exact) mass is 364 g/mol. The molecule has 1 aromatic carbocycles. The number of nitriles is 1. The van der Waals surface area contributed by atoms with Gasteiger partial charge in [-0.2, -0.15) is 5.26 Å². The molecule has 0 amide bonds. The number of furan rings is 1. The standard InChI is InChI=1S/C22H24N2O3/c1-15(2)19-12-20-17(11-22(25)27-21(20)10-16(19)3)13-24(8-5-7-23)14-18-6-4-9-26-18/h4,6,9-12,15H,5,8,13-14H2,1-3H3. The summed E-state index contributed by atoms with van der Waals surface area (Å²) in [7, 11) is 0. The van der Waals surface area contributed by atoms with Gasteiger partial charge in [-0.15, -0.1) is 0 Å². The van der Waals surface area contributed by atoms with E-state index >= 15 is 0 Å². The summed E-state index contributed by atoms with van der Waals surface area (Å²) in [4.78, 5) is 14.2. The van der Waals surface area contributed by atoms with E-state index in [0.717, 1.165) is 22.3 Å². The molecule has 5 heteroatoms. The van der Waals surface area contributed by atoms with Crippen LogP contribution in [0.25, 0.3) is 11.0 Å². The van der Waals surface area contributed by atoms with E-state index in [0.29, 0.717) is 37.6 Å². The van der Waals surface area contributed by atoms with Crippen LogP contribution < -0.4 is 5.63 Å². The molecule has 0 aliphatic heterocycles. The molecule has 0 spiro atoms. The molecule has 2 aromatic heterocycles. The molecule has 0 radical (unpaired) electrons. The van der Waals surface area contributed by atoms with Crippen molar-refractivity contribution in [2.75, 3.05) is 6.54 Å². The Morgan fingerprint density at radius 1 is 1.22 bits per heavy atom.